The molecule has 0 radical (unpaired) electrons. The molecule has 1 N–H and O–H groups in total. The van der Waals surface area contributed by atoms with Gasteiger partial charge < -0.3 is 14.8 Å². The predicted octanol–water partition coefficient (Wildman–Crippen LogP) is 6.13. The van der Waals surface area contributed by atoms with E-state index in [1.54, 1.807) is 48.5 Å². The second-order valence-corrected chi connectivity index (χ2v) is 7.26. The van der Waals surface area contributed by atoms with Gasteiger partial charge in [-0.05, 0) is 54.6 Å². The summed E-state index contributed by atoms with van der Waals surface area (Å²) in [6, 6.07) is 21.1. The molecule has 0 unspecified atom stereocenters. The number of carbonyl (C=O) groups excluding carboxylic acids is 1. The van der Waals surface area contributed by atoms with Crippen LogP contribution in [0, 0.1) is 11.3 Å². The fourth-order valence-corrected chi connectivity index (χ4v) is 3.10. The summed E-state index contributed by atoms with van der Waals surface area (Å²) in [6.45, 7) is 0.328. The summed E-state index contributed by atoms with van der Waals surface area (Å²) in [7, 11) is 1.50. The normalized spacial score (nSPS) is 10.8. The van der Waals surface area contributed by atoms with Crippen molar-refractivity contribution in [2.24, 2.45) is 0 Å². The van der Waals surface area contributed by atoms with Gasteiger partial charge in [0, 0.05) is 26.9 Å². The van der Waals surface area contributed by atoms with Crippen LogP contribution in [0.2, 0.25) is 10.0 Å². The SMILES string of the molecule is COc1ccc(Cl)cc1/C=C(\C#N)C(=O)Nc1ccc(OCc2ccccc2Cl)cc1. The largest absolute Gasteiger partial charge is 0.496 e. The zero-order chi connectivity index (χ0) is 22.2. The van der Waals surface area contributed by atoms with E-state index in [2.05, 4.69) is 5.32 Å². The number of nitriles is 1. The Morgan fingerprint density at radius 1 is 1.10 bits per heavy atom. The van der Waals surface area contributed by atoms with E-state index in [-0.39, 0.29) is 5.57 Å². The summed E-state index contributed by atoms with van der Waals surface area (Å²) in [6.07, 6.45) is 1.43. The number of nitrogens with zero attached hydrogens (tertiary/aromatic N) is 1. The van der Waals surface area contributed by atoms with Crippen LogP contribution in [0.1, 0.15) is 11.1 Å². The molecule has 31 heavy (non-hydrogen) atoms. The Balaban J connectivity index is 1.67. The predicted molar refractivity (Wildman–Crippen MR) is 122 cm³/mol. The minimum Gasteiger partial charge on any atom is -0.496 e. The number of carbonyl (C=O) groups is 1. The summed E-state index contributed by atoms with van der Waals surface area (Å²) in [5, 5.41) is 13.2. The lowest BCUT2D eigenvalue weighted by molar-refractivity contribution is -0.112. The summed E-state index contributed by atoms with van der Waals surface area (Å²) in [4.78, 5) is 12.5. The fourth-order valence-electron chi connectivity index (χ4n) is 2.73. The highest BCUT2D eigenvalue weighted by Gasteiger charge is 2.12. The number of halogens is 2. The van der Waals surface area contributed by atoms with Crippen molar-refractivity contribution in [2.75, 3.05) is 12.4 Å². The summed E-state index contributed by atoms with van der Waals surface area (Å²) in [5.41, 5.74) is 1.85. The Kier molecular flexibility index (Phi) is 7.55. The van der Waals surface area contributed by atoms with Gasteiger partial charge in [0.15, 0.2) is 0 Å². The number of nitrogens with one attached hydrogen (secondary N) is 1. The van der Waals surface area contributed by atoms with Crippen LogP contribution in [-0.2, 0) is 11.4 Å². The van der Waals surface area contributed by atoms with Crippen molar-refractivity contribution in [3.63, 3.8) is 0 Å². The van der Waals surface area contributed by atoms with E-state index in [0.717, 1.165) is 5.56 Å². The molecule has 0 heterocycles. The first-order valence-corrected chi connectivity index (χ1v) is 9.98. The highest BCUT2D eigenvalue weighted by molar-refractivity contribution is 6.31. The van der Waals surface area contributed by atoms with Gasteiger partial charge in [-0.2, -0.15) is 5.26 Å². The molecule has 0 fully saturated rings. The maximum absolute atomic E-state index is 12.5. The van der Waals surface area contributed by atoms with Crippen LogP contribution >= 0.6 is 23.2 Å². The summed E-state index contributed by atoms with van der Waals surface area (Å²) < 4.78 is 11.0. The number of hydrogen-bond acceptors (Lipinski definition) is 4. The lowest BCUT2D eigenvalue weighted by Gasteiger charge is -2.09. The molecule has 3 aromatic rings. The smallest absolute Gasteiger partial charge is 0.266 e. The van der Waals surface area contributed by atoms with Crippen molar-refractivity contribution in [2.45, 2.75) is 6.61 Å². The molecule has 7 heteroatoms. The summed E-state index contributed by atoms with van der Waals surface area (Å²) in [5.74, 6) is 0.580. The van der Waals surface area contributed by atoms with Gasteiger partial charge in [-0.15, -0.1) is 0 Å². The van der Waals surface area contributed by atoms with Crippen molar-refractivity contribution in [3.05, 3.63) is 93.5 Å². The van der Waals surface area contributed by atoms with Gasteiger partial charge in [0.2, 0.25) is 0 Å². The highest BCUT2D eigenvalue weighted by atomic mass is 35.5. The van der Waals surface area contributed by atoms with Crippen molar-refractivity contribution in [3.8, 4) is 17.6 Å². The second-order valence-electron chi connectivity index (χ2n) is 6.41. The third-order valence-corrected chi connectivity index (χ3v) is 4.92. The molecule has 0 aliphatic rings. The van der Waals surface area contributed by atoms with Gasteiger partial charge in [-0.1, -0.05) is 41.4 Å². The molecule has 0 atom stereocenters. The molecule has 3 rings (SSSR count). The number of methoxy groups -OCH3 is 1. The molecule has 0 aliphatic carbocycles. The quantitative estimate of drug-likeness (QED) is 0.345. The maximum Gasteiger partial charge on any atom is 0.266 e. The molecule has 5 nitrogen and oxygen atoms in total. The van der Waals surface area contributed by atoms with Gasteiger partial charge in [0.05, 0.1) is 7.11 Å². The molecule has 0 aromatic heterocycles. The molecular formula is C24H18Cl2N2O3. The fraction of sp³-hybridized carbons (Fsp3) is 0.0833. The standard InChI is InChI=1S/C24H18Cl2N2O3/c1-30-23-11-6-19(25)13-17(23)12-18(14-27)24(29)28-20-7-9-21(10-8-20)31-15-16-4-2-3-5-22(16)26/h2-13H,15H2,1H3,(H,28,29)/b18-12+. The van der Waals surface area contributed by atoms with Crippen molar-refractivity contribution in [1.29, 1.82) is 5.26 Å². The Bertz CT molecular complexity index is 1150. The van der Waals surface area contributed by atoms with Crippen molar-refractivity contribution in [1.82, 2.24) is 0 Å². The second kappa shape index (κ2) is 10.5. The van der Waals surface area contributed by atoms with Crippen molar-refractivity contribution < 1.29 is 14.3 Å². The van der Waals surface area contributed by atoms with Crippen LogP contribution in [-0.4, -0.2) is 13.0 Å². The number of rotatable bonds is 7. The Morgan fingerprint density at radius 2 is 1.84 bits per heavy atom. The molecule has 1 amide bonds. The third-order valence-electron chi connectivity index (χ3n) is 4.32. The lowest BCUT2D eigenvalue weighted by Crippen LogP contribution is -2.13. The van der Waals surface area contributed by atoms with Crippen molar-refractivity contribution >= 4 is 40.9 Å². The van der Waals surface area contributed by atoms with E-state index in [1.807, 2.05) is 24.3 Å². The Hall–Kier alpha value is -3.46. The van der Waals surface area contributed by atoms with E-state index in [9.17, 15) is 10.1 Å². The average Bonchev–Trinajstić information content (AvgIpc) is 2.78. The minimum absolute atomic E-state index is 0.0837. The van der Waals surface area contributed by atoms with Gasteiger partial charge in [-0.3, -0.25) is 4.79 Å². The van der Waals surface area contributed by atoms with Gasteiger partial charge in [0.1, 0.15) is 29.7 Å². The molecule has 0 spiro atoms. The van der Waals surface area contributed by atoms with Crippen LogP contribution in [0.5, 0.6) is 11.5 Å². The zero-order valence-electron chi connectivity index (χ0n) is 16.6. The van der Waals surface area contributed by atoms with Crippen LogP contribution < -0.4 is 14.8 Å². The molecule has 3 aromatic carbocycles. The Morgan fingerprint density at radius 3 is 2.52 bits per heavy atom. The average molecular weight is 453 g/mol. The van der Waals surface area contributed by atoms with E-state index in [4.69, 9.17) is 32.7 Å². The first-order chi connectivity index (χ1) is 15.0. The van der Waals surface area contributed by atoms with E-state index in [0.29, 0.717) is 39.4 Å². The van der Waals surface area contributed by atoms with Gasteiger partial charge in [0.25, 0.3) is 5.91 Å². The van der Waals surface area contributed by atoms with E-state index < -0.39 is 5.91 Å². The van der Waals surface area contributed by atoms with Crippen LogP contribution in [0.15, 0.2) is 72.3 Å². The molecule has 0 saturated carbocycles. The Labute approximate surface area is 190 Å². The number of benzene rings is 3. The first-order valence-electron chi connectivity index (χ1n) is 9.23. The first kappa shape index (κ1) is 22.2. The monoisotopic (exact) mass is 452 g/mol. The molecule has 156 valence electrons. The van der Waals surface area contributed by atoms with Crippen LogP contribution in [0.25, 0.3) is 6.08 Å². The molecular weight excluding hydrogens is 435 g/mol. The molecule has 0 aliphatic heterocycles. The maximum atomic E-state index is 12.5. The third kappa shape index (κ3) is 6.02. The van der Waals surface area contributed by atoms with Gasteiger partial charge in [-0.25, -0.2) is 0 Å². The highest BCUT2D eigenvalue weighted by Crippen LogP contribution is 2.25. The number of hydrogen-bond donors (Lipinski definition) is 1. The number of ether oxygens (including phenoxy) is 2. The minimum atomic E-state index is -0.547. The van der Waals surface area contributed by atoms with Crippen LogP contribution in [0.3, 0.4) is 0 Å². The van der Waals surface area contributed by atoms with Crippen LogP contribution in [0.4, 0.5) is 5.69 Å². The molecule has 0 bridgehead atoms. The van der Waals surface area contributed by atoms with E-state index in [1.165, 1.54) is 13.2 Å². The van der Waals surface area contributed by atoms with E-state index >= 15 is 0 Å². The lowest BCUT2D eigenvalue weighted by atomic mass is 10.1. The number of anilines is 1. The topological polar surface area (TPSA) is 71.3 Å². The zero-order valence-corrected chi connectivity index (χ0v) is 18.1. The number of amides is 1. The molecule has 0 saturated heterocycles. The summed E-state index contributed by atoms with van der Waals surface area (Å²) >= 11 is 12.1. The van der Waals surface area contributed by atoms with Gasteiger partial charge >= 0.3 is 0 Å².